The second-order valence-electron chi connectivity index (χ2n) is 5.34. The van der Waals surface area contributed by atoms with Crippen molar-refractivity contribution < 1.29 is 14.3 Å². The van der Waals surface area contributed by atoms with E-state index in [9.17, 15) is 4.79 Å². The largest absolute Gasteiger partial charge is 0.497 e. The van der Waals surface area contributed by atoms with Crippen molar-refractivity contribution in [1.82, 2.24) is 5.32 Å². The van der Waals surface area contributed by atoms with Crippen LogP contribution in [0, 0.1) is 10.5 Å². The Morgan fingerprint density at radius 2 is 1.83 bits per heavy atom. The number of ether oxygens (including phenoxy) is 2. The molecule has 0 radical (unpaired) electrons. The monoisotopic (exact) mass is 425 g/mol. The highest BCUT2D eigenvalue weighted by molar-refractivity contribution is 14.1. The molecule has 1 unspecified atom stereocenters. The summed E-state index contributed by atoms with van der Waals surface area (Å²) in [6, 6.07) is 13.1. The van der Waals surface area contributed by atoms with Crippen LogP contribution in [0.3, 0.4) is 0 Å². The van der Waals surface area contributed by atoms with E-state index in [0.717, 1.165) is 20.6 Å². The Kier molecular flexibility index (Phi) is 6.27. The standard InChI is InChI=1S/C18H20INO3/c1-12-4-9-16(17(19)10-12)18(21)20-13(2)11-23-15-7-5-14(22-3)6-8-15/h4-10,13H,11H2,1-3H3,(H,20,21). The molecule has 0 aliphatic heterocycles. The molecule has 0 spiro atoms. The van der Waals surface area contributed by atoms with E-state index in [2.05, 4.69) is 27.9 Å². The Balaban J connectivity index is 1.88. The molecule has 2 rings (SSSR count). The van der Waals surface area contributed by atoms with Crippen LogP contribution in [0.2, 0.25) is 0 Å². The Morgan fingerprint density at radius 3 is 2.43 bits per heavy atom. The van der Waals surface area contributed by atoms with Crippen molar-refractivity contribution in [3.8, 4) is 11.5 Å². The number of halogens is 1. The molecule has 122 valence electrons. The van der Waals surface area contributed by atoms with Crippen LogP contribution in [0.15, 0.2) is 42.5 Å². The highest BCUT2D eigenvalue weighted by Crippen LogP contribution is 2.17. The van der Waals surface area contributed by atoms with Gasteiger partial charge in [0.15, 0.2) is 0 Å². The number of benzene rings is 2. The van der Waals surface area contributed by atoms with Crippen molar-refractivity contribution in [2.24, 2.45) is 0 Å². The average molecular weight is 425 g/mol. The Hall–Kier alpha value is -1.76. The van der Waals surface area contributed by atoms with Gasteiger partial charge in [-0.05, 0) is 72.8 Å². The van der Waals surface area contributed by atoms with Gasteiger partial charge in [0.1, 0.15) is 18.1 Å². The van der Waals surface area contributed by atoms with Gasteiger partial charge < -0.3 is 14.8 Å². The summed E-state index contributed by atoms with van der Waals surface area (Å²) in [6.07, 6.45) is 0. The molecule has 0 aliphatic rings. The second-order valence-corrected chi connectivity index (χ2v) is 6.51. The van der Waals surface area contributed by atoms with Crippen molar-refractivity contribution in [1.29, 1.82) is 0 Å². The molecule has 0 saturated heterocycles. The number of hydrogen-bond acceptors (Lipinski definition) is 3. The second kappa shape index (κ2) is 8.19. The van der Waals surface area contributed by atoms with Crippen molar-refractivity contribution in [2.45, 2.75) is 19.9 Å². The minimum absolute atomic E-state index is 0.0831. The maximum absolute atomic E-state index is 12.3. The Bertz CT molecular complexity index is 670. The molecule has 0 aromatic heterocycles. The highest BCUT2D eigenvalue weighted by Gasteiger charge is 2.13. The molecule has 0 saturated carbocycles. The molecular weight excluding hydrogens is 405 g/mol. The summed E-state index contributed by atoms with van der Waals surface area (Å²) in [5.41, 5.74) is 1.83. The van der Waals surface area contributed by atoms with Crippen molar-refractivity contribution in [3.05, 3.63) is 57.2 Å². The van der Waals surface area contributed by atoms with Crippen LogP contribution < -0.4 is 14.8 Å². The fourth-order valence-electron chi connectivity index (χ4n) is 2.04. The lowest BCUT2D eigenvalue weighted by Crippen LogP contribution is -2.37. The first kappa shape index (κ1) is 17.6. The molecule has 0 fully saturated rings. The lowest BCUT2D eigenvalue weighted by molar-refractivity contribution is 0.0926. The molecular formula is C18H20INO3. The van der Waals surface area contributed by atoms with Gasteiger partial charge in [-0.2, -0.15) is 0 Å². The van der Waals surface area contributed by atoms with Crippen molar-refractivity contribution in [3.63, 3.8) is 0 Å². The smallest absolute Gasteiger partial charge is 0.252 e. The fraction of sp³-hybridized carbons (Fsp3) is 0.278. The third kappa shape index (κ3) is 5.13. The normalized spacial score (nSPS) is 11.7. The quantitative estimate of drug-likeness (QED) is 0.717. The highest BCUT2D eigenvalue weighted by atomic mass is 127. The predicted octanol–water partition coefficient (Wildman–Crippen LogP) is 3.81. The van der Waals surface area contributed by atoms with Gasteiger partial charge in [-0.15, -0.1) is 0 Å². The van der Waals surface area contributed by atoms with Gasteiger partial charge >= 0.3 is 0 Å². The molecule has 2 aromatic carbocycles. The van der Waals surface area contributed by atoms with E-state index in [1.807, 2.05) is 56.3 Å². The summed E-state index contributed by atoms with van der Waals surface area (Å²) >= 11 is 2.18. The van der Waals surface area contributed by atoms with Crippen LogP contribution >= 0.6 is 22.6 Å². The van der Waals surface area contributed by atoms with E-state index in [1.54, 1.807) is 7.11 Å². The minimum Gasteiger partial charge on any atom is -0.497 e. The summed E-state index contributed by atoms with van der Waals surface area (Å²) in [5, 5.41) is 2.96. The van der Waals surface area contributed by atoms with Gasteiger partial charge in [-0.25, -0.2) is 0 Å². The number of carbonyl (C=O) groups is 1. The van der Waals surface area contributed by atoms with E-state index in [4.69, 9.17) is 9.47 Å². The van der Waals surface area contributed by atoms with E-state index >= 15 is 0 Å². The number of hydrogen-bond donors (Lipinski definition) is 1. The van der Waals surface area contributed by atoms with Crippen molar-refractivity contribution in [2.75, 3.05) is 13.7 Å². The van der Waals surface area contributed by atoms with Gasteiger partial charge in [-0.1, -0.05) is 11.6 Å². The van der Waals surface area contributed by atoms with Crippen LogP contribution in [0.4, 0.5) is 0 Å². The van der Waals surface area contributed by atoms with E-state index in [1.165, 1.54) is 0 Å². The molecule has 2 aromatic rings. The first-order valence-electron chi connectivity index (χ1n) is 7.33. The molecule has 4 nitrogen and oxygen atoms in total. The molecule has 0 bridgehead atoms. The lowest BCUT2D eigenvalue weighted by Gasteiger charge is -2.16. The zero-order chi connectivity index (χ0) is 16.8. The summed E-state index contributed by atoms with van der Waals surface area (Å²) in [5.74, 6) is 1.45. The minimum atomic E-state index is -0.0956. The SMILES string of the molecule is COc1ccc(OCC(C)NC(=O)c2ccc(C)cc2I)cc1. The fourth-order valence-corrected chi connectivity index (χ4v) is 2.96. The molecule has 5 heteroatoms. The van der Waals surface area contributed by atoms with Crippen LogP contribution in [0.1, 0.15) is 22.8 Å². The van der Waals surface area contributed by atoms with E-state index in [0.29, 0.717) is 12.2 Å². The number of nitrogens with one attached hydrogen (secondary N) is 1. The predicted molar refractivity (Wildman–Crippen MR) is 99.3 cm³/mol. The zero-order valence-corrected chi connectivity index (χ0v) is 15.6. The summed E-state index contributed by atoms with van der Waals surface area (Å²) < 4.78 is 11.7. The van der Waals surface area contributed by atoms with Gasteiger partial charge in [0.25, 0.3) is 5.91 Å². The lowest BCUT2D eigenvalue weighted by atomic mass is 10.1. The van der Waals surface area contributed by atoms with Crippen LogP contribution in [-0.4, -0.2) is 25.7 Å². The van der Waals surface area contributed by atoms with E-state index in [-0.39, 0.29) is 11.9 Å². The summed E-state index contributed by atoms with van der Waals surface area (Å²) in [4.78, 5) is 12.3. The maximum atomic E-state index is 12.3. The number of aryl methyl sites for hydroxylation is 1. The first-order valence-corrected chi connectivity index (χ1v) is 8.41. The van der Waals surface area contributed by atoms with Crippen LogP contribution in [0.25, 0.3) is 0 Å². The molecule has 0 heterocycles. The summed E-state index contributed by atoms with van der Waals surface area (Å²) in [6.45, 7) is 4.33. The number of rotatable bonds is 6. The summed E-state index contributed by atoms with van der Waals surface area (Å²) in [7, 11) is 1.62. The van der Waals surface area contributed by atoms with Gasteiger partial charge in [-0.3, -0.25) is 4.79 Å². The van der Waals surface area contributed by atoms with Gasteiger partial charge in [0.05, 0.1) is 18.7 Å². The number of amides is 1. The average Bonchev–Trinajstić information content (AvgIpc) is 2.53. The van der Waals surface area contributed by atoms with Gasteiger partial charge in [0, 0.05) is 3.57 Å². The molecule has 1 N–H and O–H groups in total. The first-order chi connectivity index (χ1) is 11.0. The van der Waals surface area contributed by atoms with Gasteiger partial charge in [0.2, 0.25) is 0 Å². The molecule has 1 amide bonds. The number of carbonyl (C=O) groups excluding carboxylic acids is 1. The molecule has 1 atom stereocenters. The van der Waals surface area contributed by atoms with E-state index < -0.39 is 0 Å². The van der Waals surface area contributed by atoms with Crippen LogP contribution in [-0.2, 0) is 0 Å². The maximum Gasteiger partial charge on any atom is 0.252 e. The third-order valence-electron chi connectivity index (χ3n) is 3.31. The zero-order valence-electron chi connectivity index (χ0n) is 13.4. The Morgan fingerprint density at radius 1 is 1.17 bits per heavy atom. The Labute approximate surface area is 150 Å². The molecule has 0 aliphatic carbocycles. The topological polar surface area (TPSA) is 47.6 Å². The number of methoxy groups -OCH3 is 1. The van der Waals surface area contributed by atoms with Crippen molar-refractivity contribution >= 4 is 28.5 Å². The van der Waals surface area contributed by atoms with Crippen LogP contribution in [0.5, 0.6) is 11.5 Å². The molecule has 23 heavy (non-hydrogen) atoms. The third-order valence-corrected chi connectivity index (χ3v) is 4.20.